The van der Waals surface area contributed by atoms with E-state index in [-0.39, 0.29) is 11.7 Å². The highest BCUT2D eigenvalue weighted by molar-refractivity contribution is 5.51. The minimum atomic E-state index is -0.481. The molecule has 0 bridgehead atoms. The molecular formula is C17H28F2N2. The first-order chi connectivity index (χ1) is 9.94. The quantitative estimate of drug-likeness (QED) is 0.782. The van der Waals surface area contributed by atoms with Gasteiger partial charge in [0, 0.05) is 12.6 Å². The molecular weight excluding hydrogens is 270 g/mol. The Morgan fingerprint density at radius 3 is 2.00 bits per heavy atom. The SMILES string of the molecule is CCC(CC)N(CC(C)C)c1c(F)cc(CCN)cc1F. The van der Waals surface area contributed by atoms with E-state index in [2.05, 4.69) is 27.7 Å². The van der Waals surface area contributed by atoms with Crippen LogP contribution in [-0.4, -0.2) is 19.1 Å². The Balaban J connectivity index is 3.23. The third kappa shape index (κ3) is 4.67. The number of anilines is 1. The van der Waals surface area contributed by atoms with E-state index in [1.54, 1.807) is 0 Å². The number of hydrogen-bond donors (Lipinski definition) is 1. The van der Waals surface area contributed by atoms with Crippen LogP contribution in [0.5, 0.6) is 0 Å². The summed E-state index contributed by atoms with van der Waals surface area (Å²) in [4.78, 5) is 1.89. The van der Waals surface area contributed by atoms with Crippen molar-refractivity contribution in [2.45, 2.75) is 53.0 Å². The van der Waals surface area contributed by atoms with Crippen molar-refractivity contribution in [1.29, 1.82) is 0 Å². The van der Waals surface area contributed by atoms with Gasteiger partial charge in [-0.3, -0.25) is 0 Å². The first-order valence-corrected chi connectivity index (χ1v) is 7.89. The largest absolute Gasteiger partial charge is 0.364 e. The molecule has 0 aliphatic rings. The van der Waals surface area contributed by atoms with Crippen LogP contribution in [0.3, 0.4) is 0 Å². The lowest BCUT2D eigenvalue weighted by Crippen LogP contribution is -2.38. The minimum Gasteiger partial charge on any atom is -0.364 e. The maximum Gasteiger partial charge on any atom is 0.149 e. The van der Waals surface area contributed by atoms with E-state index in [1.807, 2.05) is 4.90 Å². The summed E-state index contributed by atoms with van der Waals surface area (Å²) in [7, 11) is 0. The van der Waals surface area contributed by atoms with Crippen molar-refractivity contribution in [3.8, 4) is 0 Å². The van der Waals surface area contributed by atoms with Crippen molar-refractivity contribution in [2.24, 2.45) is 11.7 Å². The van der Waals surface area contributed by atoms with Gasteiger partial charge in [0.2, 0.25) is 0 Å². The van der Waals surface area contributed by atoms with Crippen LogP contribution >= 0.6 is 0 Å². The van der Waals surface area contributed by atoms with E-state index in [0.717, 1.165) is 12.8 Å². The summed E-state index contributed by atoms with van der Waals surface area (Å²) in [6.45, 7) is 9.28. The highest BCUT2D eigenvalue weighted by Gasteiger charge is 2.23. The van der Waals surface area contributed by atoms with Crippen LogP contribution in [0, 0.1) is 17.6 Å². The first-order valence-electron chi connectivity index (χ1n) is 7.89. The van der Waals surface area contributed by atoms with Gasteiger partial charge in [-0.15, -0.1) is 0 Å². The van der Waals surface area contributed by atoms with Crippen LogP contribution < -0.4 is 10.6 Å². The van der Waals surface area contributed by atoms with Crippen LogP contribution in [0.4, 0.5) is 14.5 Å². The number of benzene rings is 1. The number of nitrogens with zero attached hydrogens (tertiary/aromatic N) is 1. The highest BCUT2D eigenvalue weighted by Crippen LogP contribution is 2.29. The van der Waals surface area contributed by atoms with E-state index in [4.69, 9.17) is 5.73 Å². The predicted octanol–water partition coefficient (Wildman–Crippen LogP) is 4.12. The molecule has 2 nitrogen and oxygen atoms in total. The standard InChI is InChI=1S/C17H28F2N2/c1-5-14(6-2)21(11-12(3)4)17-15(18)9-13(7-8-20)10-16(17)19/h9-10,12,14H,5-8,11,20H2,1-4H3. The molecule has 1 rings (SSSR count). The van der Waals surface area contributed by atoms with Crippen molar-refractivity contribution < 1.29 is 8.78 Å². The summed E-state index contributed by atoms with van der Waals surface area (Å²) in [5.74, 6) is -0.620. The van der Waals surface area contributed by atoms with E-state index in [9.17, 15) is 8.78 Å². The lowest BCUT2D eigenvalue weighted by atomic mass is 10.0. The van der Waals surface area contributed by atoms with Gasteiger partial charge in [0.1, 0.15) is 17.3 Å². The van der Waals surface area contributed by atoms with Gasteiger partial charge in [-0.2, -0.15) is 0 Å². The molecule has 0 aliphatic carbocycles. The van der Waals surface area contributed by atoms with Crippen LogP contribution in [0.1, 0.15) is 46.1 Å². The Morgan fingerprint density at radius 1 is 1.10 bits per heavy atom. The summed E-state index contributed by atoms with van der Waals surface area (Å²) in [5, 5.41) is 0. The summed E-state index contributed by atoms with van der Waals surface area (Å²) < 4.78 is 28.9. The third-order valence-electron chi connectivity index (χ3n) is 3.74. The Hall–Kier alpha value is -1.16. The highest BCUT2D eigenvalue weighted by atomic mass is 19.1. The van der Waals surface area contributed by atoms with E-state index >= 15 is 0 Å². The van der Waals surface area contributed by atoms with Crippen LogP contribution in [0.15, 0.2) is 12.1 Å². The van der Waals surface area contributed by atoms with Crippen molar-refractivity contribution in [3.63, 3.8) is 0 Å². The van der Waals surface area contributed by atoms with Gasteiger partial charge in [0.25, 0.3) is 0 Å². The zero-order chi connectivity index (χ0) is 16.0. The van der Waals surface area contributed by atoms with Crippen molar-refractivity contribution in [3.05, 3.63) is 29.3 Å². The summed E-state index contributed by atoms with van der Waals surface area (Å²) >= 11 is 0. The molecule has 1 aromatic rings. The molecule has 0 radical (unpaired) electrons. The molecule has 1 aromatic carbocycles. The van der Waals surface area contributed by atoms with Crippen LogP contribution in [-0.2, 0) is 6.42 Å². The molecule has 0 spiro atoms. The molecule has 0 atom stereocenters. The van der Waals surface area contributed by atoms with Gasteiger partial charge in [0.15, 0.2) is 0 Å². The van der Waals surface area contributed by atoms with Gasteiger partial charge < -0.3 is 10.6 Å². The lowest BCUT2D eigenvalue weighted by molar-refractivity contribution is 0.480. The number of rotatable bonds is 8. The Bertz CT molecular complexity index is 419. The number of halogens is 2. The average molecular weight is 298 g/mol. The molecule has 0 aliphatic heterocycles. The van der Waals surface area contributed by atoms with Gasteiger partial charge in [-0.1, -0.05) is 27.7 Å². The fourth-order valence-electron chi connectivity index (χ4n) is 2.75. The first kappa shape index (κ1) is 17.9. The van der Waals surface area contributed by atoms with Crippen LogP contribution in [0.2, 0.25) is 0 Å². The minimum absolute atomic E-state index is 0.109. The second kappa shape index (κ2) is 8.32. The second-order valence-corrected chi connectivity index (χ2v) is 5.96. The zero-order valence-electron chi connectivity index (χ0n) is 13.6. The second-order valence-electron chi connectivity index (χ2n) is 5.96. The van der Waals surface area contributed by atoms with Gasteiger partial charge in [0.05, 0.1) is 0 Å². The molecule has 4 heteroatoms. The van der Waals surface area contributed by atoms with E-state index < -0.39 is 11.6 Å². The molecule has 0 unspecified atom stereocenters. The van der Waals surface area contributed by atoms with Gasteiger partial charge in [-0.05, 0) is 49.4 Å². The topological polar surface area (TPSA) is 29.3 Å². The van der Waals surface area contributed by atoms with Gasteiger partial charge >= 0.3 is 0 Å². The van der Waals surface area contributed by atoms with E-state index in [1.165, 1.54) is 12.1 Å². The summed E-state index contributed by atoms with van der Waals surface area (Å²) in [6.07, 6.45) is 2.22. The third-order valence-corrected chi connectivity index (χ3v) is 3.74. The molecule has 21 heavy (non-hydrogen) atoms. The Kier molecular flexibility index (Phi) is 7.09. The number of nitrogens with two attached hydrogens (primary N) is 1. The lowest BCUT2D eigenvalue weighted by Gasteiger charge is -2.34. The maximum absolute atomic E-state index is 14.4. The summed E-state index contributed by atoms with van der Waals surface area (Å²) in [5.41, 5.74) is 6.19. The van der Waals surface area contributed by atoms with Gasteiger partial charge in [-0.25, -0.2) is 8.78 Å². The monoisotopic (exact) mass is 298 g/mol. The smallest absolute Gasteiger partial charge is 0.149 e. The Morgan fingerprint density at radius 2 is 1.62 bits per heavy atom. The molecule has 0 saturated heterocycles. The predicted molar refractivity (Wildman–Crippen MR) is 85.7 cm³/mol. The number of hydrogen-bond acceptors (Lipinski definition) is 2. The molecule has 0 saturated carbocycles. The van der Waals surface area contributed by atoms with Crippen molar-refractivity contribution in [1.82, 2.24) is 0 Å². The normalized spacial score (nSPS) is 11.5. The molecule has 0 aromatic heterocycles. The molecule has 0 heterocycles. The molecule has 0 fully saturated rings. The van der Waals surface area contributed by atoms with Crippen molar-refractivity contribution >= 4 is 5.69 Å². The summed E-state index contributed by atoms with van der Waals surface area (Å²) in [6, 6.07) is 2.99. The zero-order valence-corrected chi connectivity index (χ0v) is 13.6. The van der Waals surface area contributed by atoms with E-state index in [0.29, 0.717) is 31.0 Å². The molecule has 120 valence electrons. The Labute approximate surface area is 127 Å². The van der Waals surface area contributed by atoms with Crippen LogP contribution in [0.25, 0.3) is 0 Å². The fraction of sp³-hybridized carbons (Fsp3) is 0.647. The van der Waals surface area contributed by atoms with Crippen molar-refractivity contribution in [2.75, 3.05) is 18.0 Å². The average Bonchev–Trinajstić information content (AvgIpc) is 2.38. The molecule has 0 amide bonds. The fourth-order valence-corrected chi connectivity index (χ4v) is 2.75. The maximum atomic E-state index is 14.4. The molecule has 2 N–H and O–H groups in total.